The Morgan fingerprint density at radius 2 is 2.12 bits per heavy atom. The largest absolute Gasteiger partial charge is 0.476 e. The lowest BCUT2D eigenvalue weighted by molar-refractivity contribution is 0.228. The van der Waals surface area contributed by atoms with Gasteiger partial charge in [0.15, 0.2) is 0 Å². The predicted octanol–water partition coefficient (Wildman–Crippen LogP) is 1.70. The topological polar surface area (TPSA) is 45.6 Å². The van der Waals surface area contributed by atoms with Gasteiger partial charge in [0.05, 0.1) is 17.3 Å². The van der Waals surface area contributed by atoms with Gasteiger partial charge in [-0.1, -0.05) is 11.6 Å². The molecule has 1 aromatic heterocycles. The van der Waals surface area contributed by atoms with Gasteiger partial charge in [-0.05, 0) is 32.0 Å². The third-order valence-electron chi connectivity index (χ3n) is 2.90. The van der Waals surface area contributed by atoms with Crippen molar-refractivity contribution in [2.75, 3.05) is 26.2 Å². The predicted molar refractivity (Wildman–Crippen MR) is 66.3 cm³/mol. The van der Waals surface area contributed by atoms with Crippen LogP contribution in [0.25, 0.3) is 0 Å². The molecular formula is C12H17ClN2O2. The van der Waals surface area contributed by atoms with Crippen LogP contribution in [0.5, 0.6) is 5.88 Å². The van der Waals surface area contributed by atoms with Crippen molar-refractivity contribution in [3.63, 3.8) is 0 Å². The molecule has 2 heterocycles. The van der Waals surface area contributed by atoms with E-state index in [2.05, 4.69) is 9.88 Å². The summed E-state index contributed by atoms with van der Waals surface area (Å²) >= 11 is 5.85. The fourth-order valence-corrected chi connectivity index (χ4v) is 2.11. The average Bonchev–Trinajstić information content (AvgIpc) is 2.84. The van der Waals surface area contributed by atoms with Crippen LogP contribution in [0.1, 0.15) is 18.5 Å². The molecule has 1 N–H and O–H groups in total. The van der Waals surface area contributed by atoms with Gasteiger partial charge in [0.2, 0.25) is 5.88 Å². The van der Waals surface area contributed by atoms with Crippen molar-refractivity contribution in [1.29, 1.82) is 0 Å². The molecule has 0 atom stereocenters. The summed E-state index contributed by atoms with van der Waals surface area (Å²) in [6.07, 6.45) is 2.57. The maximum absolute atomic E-state index is 9.03. The van der Waals surface area contributed by atoms with Gasteiger partial charge in [-0.15, -0.1) is 0 Å². The number of likely N-dealkylation sites (tertiary alicyclic amines) is 1. The first kappa shape index (κ1) is 12.6. The number of nitrogens with zero attached hydrogens (tertiary/aromatic N) is 2. The van der Waals surface area contributed by atoms with Crippen molar-refractivity contribution in [3.05, 3.63) is 22.8 Å². The second-order valence-electron chi connectivity index (χ2n) is 4.13. The zero-order chi connectivity index (χ0) is 12.1. The quantitative estimate of drug-likeness (QED) is 0.871. The van der Waals surface area contributed by atoms with E-state index < -0.39 is 0 Å². The number of hydrogen-bond acceptors (Lipinski definition) is 4. The smallest absolute Gasteiger partial charge is 0.213 e. The Kier molecular flexibility index (Phi) is 4.59. The molecule has 0 amide bonds. The van der Waals surface area contributed by atoms with Gasteiger partial charge in [0.25, 0.3) is 0 Å². The molecule has 5 heteroatoms. The highest BCUT2D eigenvalue weighted by atomic mass is 35.5. The third kappa shape index (κ3) is 3.56. The molecule has 4 nitrogen and oxygen atoms in total. The zero-order valence-corrected chi connectivity index (χ0v) is 10.5. The summed E-state index contributed by atoms with van der Waals surface area (Å²) in [7, 11) is 0. The average molecular weight is 257 g/mol. The van der Waals surface area contributed by atoms with Gasteiger partial charge >= 0.3 is 0 Å². The van der Waals surface area contributed by atoms with E-state index in [9.17, 15) is 0 Å². The fourth-order valence-electron chi connectivity index (χ4n) is 1.94. The van der Waals surface area contributed by atoms with Gasteiger partial charge in [-0.25, -0.2) is 4.98 Å². The van der Waals surface area contributed by atoms with Crippen LogP contribution in [0.15, 0.2) is 12.1 Å². The van der Waals surface area contributed by atoms with Gasteiger partial charge in [0.1, 0.15) is 6.61 Å². The number of aliphatic hydroxyl groups is 1. The molecule has 0 aromatic carbocycles. The van der Waals surface area contributed by atoms with Gasteiger partial charge in [-0.3, -0.25) is 4.90 Å². The van der Waals surface area contributed by atoms with Crippen molar-refractivity contribution in [3.8, 4) is 5.88 Å². The van der Waals surface area contributed by atoms with E-state index in [4.69, 9.17) is 21.4 Å². The van der Waals surface area contributed by atoms with Crippen molar-refractivity contribution >= 4 is 11.6 Å². The Hall–Kier alpha value is -0.840. The number of aliphatic hydroxyl groups excluding tert-OH is 1. The monoisotopic (exact) mass is 256 g/mol. The van der Waals surface area contributed by atoms with E-state index in [1.165, 1.54) is 25.9 Å². The van der Waals surface area contributed by atoms with Crippen LogP contribution in [0.2, 0.25) is 5.02 Å². The standard InChI is InChI=1S/C12H17ClN2O2/c13-10-3-4-12(14-11(10)9-16)17-8-7-15-5-1-2-6-15/h3-4,16H,1-2,5-9H2. The van der Waals surface area contributed by atoms with E-state index in [0.29, 0.717) is 23.2 Å². The highest BCUT2D eigenvalue weighted by Gasteiger charge is 2.11. The van der Waals surface area contributed by atoms with E-state index in [-0.39, 0.29) is 6.61 Å². The Morgan fingerprint density at radius 3 is 2.82 bits per heavy atom. The van der Waals surface area contributed by atoms with Crippen molar-refractivity contribution in [1.82, 2.24) is 9.88 Å². The maximum atomic E-state index is 9.03. The summed E-state index contributed by atoms with van der Waals surface area (Å²) in [5.74, 6) is 0.526. The van der Waals surface area contributed by atoms with Crippen LogP contribution in [-0.2, 0) is 6.61 Å². The number of rotatable bonds is 5. The highest BCUT2D eigenvalue weighted by Crippen LogP contribution is 2.18. The zero-order valence-electron chi connectivity index (χ0n) is 9.73. The van der Waals surface area contributed by atoms with Gasteiger partial charge in [-0.2, -0.15) is 0 Å². The van der Waals surface area contributed by atoms with Crippen LogP contribution in [0, 0.1) is 0 Å². The molecule has 1 aliphatic heterocycles. The van der Waals surface area contributed by atoms with Crippen LogP contribution >= 0.6 is 11.6 Å². The van der Waals surface area contributed by atoms with E-state index in [1.807, 2.05) is 0 Å². The molecule has 94 valence electrons. The molecule has 0 aliphatic carbocycles. The number of hydrogen-bond donors (Lipinski definition) is 1. The minimum absolute atomic E-state index is 0.165. The minimum atomic E-state index is -0.165. The molecule has 0 bridgehead atoms. The third-order valence-corrected chi connectivity index (χ3v) is 3.24. The molecule has 0 unspecified atom stereocenters. The van der Waals surface area contributed by atoms with Crippen LogP contribution in [-0.4, -0.2) is 41.2 Å². The molecule has 0 radical (unpaired) electrons. The first-order chi connectivity index (χ1) is 8.29. The minimum Gasteiger partial charge on any atom is -0.476 e. The lowest BCUT2D eigenvalue weighted by Crippen LogP contribution is -2.25. The van der Waals surface area contributed by atoms with Crippen molar-refractivity contribution in [2.45, 2.75) is 19.4 Å². The summed E-state index contributed by atoms with van der Waals surface area (Å²) in [6.45, 7) is 3.72. The molecule has 0 spiro atoms. The Morgan fingerprint density at radius 1 is 1.35 bits per heavy atom. The molecule has 1 fully saturated rings. The highest BCUT2D eigenvalue weighted by molar-refractivity contribution is 6.31. The summed E-state index contributed by atoms with van der Waals surface area (Å²) in [5.41, 5.74) is 0.463. The molecule has 1 aliphatic rings. The summed E-state index contributed by atoms with van der Waals surface area (Å²) in [5, 5.41) is 9.50. The lowest BCUT2D eigenvalue weighted by atomic mass is 10.3. The second kappa shape index (κ2) is 6.19. The maximum Gasteiger partial charge on any atom is 0.213 e. The summed E-state index contributed by atoms with van der Waals surface area (Å²) < 4.78 is 5.54. The van der Waals surface area contributed by atoms with E-state index in [0.717, 1.165) is 6.54 Å². The number of halogens is 1. The molecule has 1 aromatic rings. The molecule has 2 rings (SSSR count). The number of aromatic nitrogens is 1. The SMILES string of the molecule is OCc1nc(OCCN2CCCC2)ccc1Cl. The molecule has 1 saturated heterocycles. The Labute approximate surface area is 106 Å². The number of ether oxygens (including phenoxy) is 1. The molecule has 17 heavy (non-hydrogen) atoms. The van der Waals surface area contributed by atoms with Crippen molar-refractivity contribution < 1.29 is 9.84 Å². The normalized spacial score (nSPS) is 16.4. The van der Waals surface area contributed by atoms with Gasteiger partial charge < -0.3 is 9.84 Å². The second-order valence-corrected chi connectivity index (χ2v) is 4.54. The van der Waals surface area contributed by atoms with Crippen LogP contribution in [0.4, 0.5) is 0 Å². The fraction of sp³-hybridized carbons (Fsp3) is 0.583. The molecule has 0 saturated carbocycles. The van der Waals surface area contributed by atoms with Gasteiger partial charge in [0, 0.05) is 12.6 Å². The first-order valence-electron chi connectivity index (χ1n) is 5.91. The molecular weight excluding hydrogens is 240 g/mol. The van der Waals surface area contributed by atoms with Crippen molar-refractivity contribution in [2.24, 2.45) is 0 Å². The number of pyridine rings is 1. The summed E-state index contributed by atoms with van der Waals surface area (Å²) in [6, 6.07) is 3.43. The Bertz CT molecular complexity index is 368. The summed E-state index contributed by atoms with van der Waals surface area (Å²) in [4.78, 5) is 6.51. The first-order valence-corrected chi connectivity index (χ1v) is 6.29. The lowest BCUT2D eigenvalue weighted by Gasteiger charge is -2.14. The van der Waals surface area contributed by atoms with E-state index in [1.54, 1.807) is 12.1 Å². The Balaban J connectivity index is 1.81. The van der Waals surface area contributed by atoms with E-state index >= 15 is 0 Å². The van der Waals surface area contributed by atoms with Crippen LogP contribution < -0.4 is 4.74 Å². The van der Waals surface area contributed by atoms with Crippen LogP contribution in [0.3, 0.4) is 0 Å².